The van der Waals surface area contributed by atoms with E-state index < -0.39 is 0 Å². The van der Waals surface area contributed by atoms with Crippen LogP contribution in [0.4, 0.5) is 5.69 Å². The lowest BCUT2D eigenvalue weighted by atomic mass is 10.3. The van der Waals surface area contributed by atoms with Crippen molar-refractivity contribution >= 4 is 5.69 Å². The number of nitrogens with zero attached hydrogens (tertiary/aromatic N) is 2. The van der Waals surface area contributed by atoms with Gasteiger partial charge < -0.3 is 10.5 Å². The molecule has 0 unspecified atom stereocenters. The summed E-state index contributed by atoms with van der Waals surface area (Å²) in [5, 5.41) is 8.84. The molecule has 0 saturated carbocycles. The molecule has 0 radical (unpaired) electrons. The van der Waals surface area contributed by atoms with Crippen LogP contribution in [0.3, 0.4) is 0 Å². The fraction of sp³-hybridized carbons (Fsp3) is 0. The molecule has 1 aromatic heterocycles. The summed E-state index contributed by atoms with van der Waals surface area (Å²) in [5.41, 5.74) is 6.50. The minimum absolute atomic E-state index is 0.241. The molecule has 0 bridgehead atoms. The number of nitriles is 1. The van der Waals surface area contributed by atoms with E-state index in [1.54, 1.807) is 30.5 Å². The molecule has 4 heteroatoms. The lowest BCUT2D eigenvalue weighted by Gasteiger charge is -2.08. The third-order valence-electron chi connectivity index (χ3n) is 2.02. The normalized spacial score (nSPS) is 9.44. The topological polar surface area (TPSA) is 71.9 Å². The lowest BCUT2D eigenvalue weighted by Crippen LogP contribution is -1.94. The first-order valence-electron chi connectivity index (χ1n) is 4.69. The van der Waals surface area contributed by atoms with Crippen LogP contribution in [0.15, 0.2) is 42.6 Å². The Kier molecular flexibility index (Phi) is 2.70. The van der Waals surface area contributed by atoms with Gasteiger partial charge in [-0.1, -0.05) is 12.1 Å². The van der Waals surface area contributed by atoms with E-state index in [0.717, 1.165) is 0 Å². The molecule has 78 valence electrons. The van der Waals surface area contributed by atoms with Crippen LogP contribution in [0, 0.1) is 11.3 Å². The number of rotatable bonds is 2. The second-order valence-corrected chi connectivity index (χ2v) is 3.10. The molecule has 0 atom stereocenters. The molecule has 0 saturated heterocycles. The highest BCUT2D eigenvalue weighted by atomic mass is 16.5. The molecule has 0 aliphatic rings. The number of benzene rings is 1. The largest absolute Gasteiger partial charge is 0.452 e. The molecule has 1 aromatic carbocycles. The van der Waals surface area contributed by atoms with Crippen molar-refractivity contribution in [3.63, 3.8) is 0 Å². The monoisotopic (exact) mass is 211 g/mol. The minimum atomic E-state index is 0.241. The van der Waals surface area contributed by atoms with Gasteiger partial charge in [-0.25, -0.2) is 4.98 Å². The summed E-state index contributed by atoms with van der Waals surface area (Å²) in [7, 11) is 0. The van der Waals surface area contributed by atoms with Crippen molar-refractivity contribution in [3.8, 4) is 17.6 Å². The smallest absolute Gasteiger partial charge is 0.183 e. The number of hydrogen-bond donors (Lipinski definition) is 1. The van der Waals surface area contributed by atoms with E-state index in [4.69, 9.17) is 15.7 Å². The minimum Gasteiger partial charge on any atom is -0.452 e. The number of nitrogens with two attached hydrogens (primary N) is 1. The van der Waals surface area contributed by atoms with Gasteiger partial charge in [-0.15, -0.1) is 0 Å². The Balaban J connectivity index is 2.35. The molecular formula is C12H9N3O. The SMILES string of the molecule is N#Cc1ncccc1Oc1ccccc1N. The van der Waals surface area contributed by atoms with Crippen molar-refractivity contribution in [2.45, 2.75) is 0 Å². The molecule has 0 fully saturated rings. The summed E-state index contributed by atoms with van der Waals surface area (Å²) >= 11 is 0. The van der Waals surface area contributed by atoms with Gasteiger partial charge >= 0.3 is 0 Å². The van der Waals surface area contributed by atoms with E-state index in [2.05, 4.69) is 4.98 Å². The molecule has 2 rings (SSSR count). The summed E-state index contributed by atoms with van der Waals surface area (Å²) in [6, 6.07) is 12.4. The first kappa shape index (κ1) is 9.99. The first-order chi connectivity index (χ1) is 7.81. The zero-order chi connectivity index (χ0) is 11.4. The predicted octanol–water partition coefficient (Wildman–Crippen LogP) is 2.33. The van der Waals surface area contributed by atoms with Crippen molar-refractivity contribution in [2.24, 2.45) is 0 Å². The molecule has 0 spiro atoms. The van der Waals surface area contributed by atoms with Crippen LogP contribution in [-0.2, 0) is 0 Å². The number of para-hydroxylation sites is 2. The van der Waals surface area contributed by atoms with Gasteiger partial charge in [-0.3, -0.25) is 0 Å². The van der Waals surface area contributed by atoms with Crippen LogP contribution in [0.5, 0.6) is 11.5 Å². The number of anilines is 1. The molecule has 0 aliphatic heterocycles. The van der Waals surface area contributed by atoms with E-state index in [9.17, 15) is 0 Å². The van der Waals surface area contributed by atoms with Crippen LogP contribution in [0.1, 0.15) is 5.69 Å². The molecule has 2 N–H and O–H groups in total. The van der Waals surface area contributed by atoms with E-state index in [1.165, 1.54) is 0 Å². The number of pyridine rings is 1. The maximum absolute atomic E-state index is 8.84. The van der Waals surface area contributed by atoms with Crippen molar-refractivity contribution in [2.75, 3.05) is 5.73 Å². The van der Waals surface area contributed by atoms with Crippen LogP contribution >= 0.6 is 0 Å². The van der Waals surface area contributed by atoms with Crippen LogP contribution in [0.2, 0.25) is 0 Å². The summed E-state index contributed by atoms with van der Waals surface area (Å²) in [6.07, 6.45) is 1.54. The number of aromatic nitrogens is 1. The van der Waals surface area contributed by atoms with Gasteiger partial charge in [0.1, 0.15) is 11.8 Å². The third kappa shape index (κ3) is 1.93. The second-order valence-electron chi connectivity index (χ2n) is 3.10. The number of hydrogen-bond acceptors (Lipinski definition) is 4. The van der Waals surface area contributed by atoms with Gasteiger partial charge in [0.15, 0.2) is 11.4 Å². The Morgan fingerprint density at radius 1 is 1.12 bits per heavy atom. The molecule has 0 amide bonds. The molecule has 2 aromatic rings. The predicted molar refractivity (Wildman–Crippen MR) is 59.9 cm³/mol. The van der Waals surface area contributed by atoms with Crippen molar-refractivity contribution in [1.82, 2.24) is 4.98 Å². The highest BCUT2D eigenvalue weighted by Gasteiger charge is 2.06. The zero-order valence-electron chi connectivity index (χ0n) is 8.42. The van der Waals surface area contributed by atoms with E-state index in [1.807, 2.05) is 18.2 Å². The first-order valence-corrected chi connectivity index (χ1v) is 4.69. The third-order valence-corrected chi connectivity index (χ3v) is 2.02. The fourth-order valence-electron chi connectivity index (χ4n) is 1.25. The number of ether oxygens (including phenoxy) is 1. The quantitative estimate of drug-likeness (QED) is 0.774. The van der Waals surface area contributed by atoms with Gasteiger partial charge in [-0.05, 0) is 24.3 Å². The van der Waals surface area contributed by atoms with Crippen LogP contribution < -0.4 is 10.5 Å². The van der Waals surface area contributed by atoms with Crippen molar-refractivity contribution in [1.29, 1.82) is 5.26 Å². The number of nitrogen functional groups attached to an aromatic ring is 1. The Bertz CT molecular complexity index is 546. The summed E-state index contributed by atoms with van der Waals surface area (Å²) in [6.45, 7) is 0. The molecule has 1 heterocycles. The highest BCUT2D eigenvalue weighted by molar-refractivity contribution is 5.54. The van der Waals surface area contributed by atoms with Gasteiger partial charge in [-0.2, -0.15) is 5.26 Å². The van der Waals surface area contributed by atoms with Gasteiger partial charge in [0.05, 0.1) is 5.69 Å². The van der Waals surface area contributed by atoms with E-state index >= 15 is 0 Å². The average Bonchev–Trinajstić information content (AvgIpc) is 2.33. The fourth-order valence-corrected chi connectivity index (χ4v) is 1.25. The Labute approximate surface area is 92.9 Å². The van der Waals surface area contributed by atoms with Crippen molar-refractivity contribution < 1.29 is 4.74 Å². The Morgan fingerprint density at radius 3 is 2.62 bits per heavy atom. The lowest BCUT2D eigenvalue weighted by molar-refractivity contribution is 0.481. The maximum atomic E-state index is 8.84. The summed E-state index contributed by atoms with van der Waals surface area (Å²) < 4.78 is 5.52. The average molecular weight is 211 g/mol. The molecule has 0 aliphatic carbocycles. The van der Waals surface area contributed by atoms with Crippen molar-refractivity contribution in [3.05, 3.63) is 48.3 Å². The molecular weight excluding hydrogens is 202 g/mol. The van der Waals surface area contributed by atoms with Crippen LogP contribution in [-0.4, -0.2) is 4.98 Å². The van der Waals surface area contributed by atoms with Crippen LogP contribution in [0.25, 0.3) is 0 Å². The van der Waals surface area contributed by atoms with E-state index in [-0.39, 0.29) is 5.69 Å². The zero-order valence-corrected chi connectivity index (χ0v) is 8.42. The molecule has 4 nitrogen and oxygen atoms in total. The Morgan fingerprint density at radius 2 is 1.88 bits per heavy atom. The highest BCUT2D eigenvalue weighted by Crippen LogP contribution is 2.27. The maximum Gasteiger partial charge on any atom is 0.183 e. The van der Waals surface area contributed by atoms with E-state index in [0.29, 0.717) is 17.2 Å². The summed E-state index contributed by atoms with van der Waals surface area (Å²) in [5.74, 6) is 0.926. The Hall–Kier alpha value is -2.54. The standard InChI is InChI=1S/C12H9N3O/c13-8-10-12(6-3-7-15-10)16-11-5-2-1-4-9(11)14/h1-7H,14H2. The van der Waals surface area contributed by atoms with Gasteiger partial charge in [0, 0.05) is 6.20 Å². The van der Waals surface area contributed by atoms with Gasteiger partial charge in [0.2, 0.25) is 0 Å². The molecule has 16 heavy (non-hydrogen) atoms. The van der Waals surface area contributed by atoms with Gasteiger partial charge in [0.25, 0.3) is 0 Å². The second kappa shape index (κ2) is 4.32. The summed E-state index contributed by atoms with van der Waals surface area (Å²) in [4.78, 5) is 3.90.